The first kappa shape index (κ1) is 14.7. The molecule has 4 heteroatoms. The van der Waals surface area contributed by atoms with Crippen LogP contribution in [0.1, 0.15) is 52.7 Å². The maximum absolute atomic E-state index is 10.4. The fraction of sp³-hybridized carbons (Fsp3) is 0.647. The van der Waals surface area contributed by atoms with E-state index in [2.05, 4.69) is 41.5 Å². The van der Waals surface area contributed by atoms with Gasteiger partial charge < -0.3 is 19.3 Å². The molecular weight excluding hydrogens is 268 g/mol. The maximum Gasteiger partial charge on any atom is 0.233 e. The Balaban J connectivity index is 2.06. The summed E-state index contributed by atoms with van der Waals surface area (Å²) in [6, 6.07) is 3.53. The first-order valence-corrected chi connectivity index (χ1v) is 7.43. The van der Waals surface area contributed by atoms with E-state index in [9.17, 15) is 5.11 Å². The van der Waals surface area contributed by atoms with Gasteiger partial charge in [-0.3, -0.25) is 0 Å². The van der Waals surface area contributed by atoms with Crippen molar-refractivity contribution in [3.63, 3.8) is 0 Å². The molecule has 4 nitrogen and oxygen atoms in total. The summed E-state index contributed by atoms with van der Waals surface area (Å²) in [6.07, 6.45) is -0.314. The van der Waals surface area contributed by atoms with Crippen LogP contribution in [-0.4, -0.2) is 23.8 Å². The molecule has 0 radical (unpaired) electrons. The van der Waals surface area contributed by atoms with Gasteiger partial charge in [-0.2, -0.15) is 0 Å². The topological polar surface area (TPSA) is 51.2 Å². The summed E-state index contributed by atoms with van der Waals surface area (Å²) in [4.78, 5) is 0. The molecule has 1 aromatic rings. The summed E-state index contributed by atoms with van der Waals surface area (Å²) in [5, 5.41) is 10.4. The smallest absolute Gasteiger partial charge is 0.233 e. The summed E-state index contributed by atoms with van der Waals surface area (Å²) in [6.45, 7) is 12.7. The van der Waals surface area contributed by atoms with E-state index in [1.54, 1.807) is 6.07 Å². The second-order valence-electron chi connectivity index (χ2n) is 7.92. The highest BCUT2D eigenvalue weighted by molar-refractivity contribution is 5.54. The standard InChI is InChI=1S/C17H24O4/c1-16(2,3)11-9(18)7-8-10(12(11)17(4,5)6)19-14-13-15(20-13)21-14/h7-8,13-15,18H,1-6H3. The molecule has 3 unspecified atom stereocenters. The molecule has 0 aliphatic carbocycles. The number of aromatic hydroxyl groups is 1. The summed E-state index contributed by atoms with van der Waals surface area (Å²) in [5.41, 5.74) is 1.64. The van der Waals surface area contributed by atoms with Gasteiger partial charge in [0.1, 0.15) is 11.5 Å². The van der Waals surface area contributed by atoms with Crippen molar-refractivity contribution in [2.75, 3.05) is 0 Å². The number of hydrogen-bond donors (Lipinski definition) is 1. The van der Waals surface area contributed by atoms with Crippen LogP contribution in [0.4, 0.5) is 0 Å². The van der Waals surface area contributed by atoms with Crippen molar-refractivity contribution in [3.8, 4) is 11.5 Å². The maximum atomic E-state index is 10.4. The third-order valence-corrected chi connectivity index (χ3v) is 3.91. The first-order valence-electron chi connectivity index (χ1n) is 7.43. The SMILES string of the molecule is CC(C)(C)c1c(O)ccc(OC2OC3OC23)c1C(C)(C)C. The quantitative estimate of drug-likeness (QED) is 0.848. The third kappa shape index (κ3) is 2.51. The average Bonchev–Trinajstić information content (AvgIpc) is 2.95. The highest BCUT2D eigenvalue weighted by Crippen LogP contribution is 2.47. The van der Waals surface area contributed by atoms with Crippen molar-refractivity contribution in [3.05, 3.63) is 23.3 Å². The van der Waals surface area contributed by atoms with Crippen molar-refractivity contribution in [2.24, 2.45) is 0 Å². The number of benzene rings is 1. The number of rotatable bonds is 2. The lowest BCUT2D eigenvalue weighted by Gasteiger charge is -2.34. The second kappa shape index (κ2) is 4.37. The van der Waals surface area contributed by atoms with Crippen LogP contribution < -0.4 is 4.74 Å². The van der Waals surface area contributed by atoms with Gasteiger partial charge in [0.05, 0.1) is 0 Å². The molecule has 2 heterocycles. The lowest BCUT2D eigenvalue weighted by molar-refractivity contribution is -0.152. The first-order chi connectivity index (χ1) is 9.59. The van der Waals surface area contributed by atoms with Crippen molar-refractivity contribution in [2.45, 2.75) is 71.1 Å². The molecule has 2 aliphatic heterocycles. The highest BCUT2D eigenvalue weighted by Gasteiger charge is 2.60. The van der Waals surface area contributed by atoms with Crippen molar-refractivity contribution in [1.29, 1.82) is 0 Å². The van der Waals surface area contributed by atoms with E-state index in [0.717, 1.165) is 16.9 Å². The zero-order valence-corrected chi connectivity index (χ0v) is 13.6. The van der Waals surface area contributed by atoms with Gasteiger partial charge in [-0.05, 0) is 23.0 Å². The van der Waals surface area contributed by atoms with E-state index in [1.807, 2.05) is 6.07 Å². The van der Waals surface area contributed by atoms with Crippen LogP contribution in [0.25, 0.3) is 0 Å². The molecule has 1 aromatic carbocycles. The van der Waals surface area contributed by atoms with Crippen LogP contribution in [0.15, 0.2) is 12.1 Å². The molecule has 2 aliphatic rings. The van der Waals surface area contributed by atoms with E-state index < -0.39 is 0 Å². The van der Waals surface area contributed by atoms with Gasteiger partial charge in [-0.15, -0.1) is 0 Å². The Morgan fingerprint density at radius 3 is 2.00 bits per heavy atom. The summed E-state index contributed by atoms with van der Waals surface area (Å²) in [7, 11) is 0. The zero-order valence-electron chi connectivity index (χ0n) is 13.6. The predicted octanol–water partition coefficient (Wildman–Crippen LogP) is 3.45. The minimum absolute atomic E-state index is 0.0627. The van der Waals surface area contributed by atoms with Gasteiger partial charge in [0.25, 0.3) is 0 Å². The van der Waals surface area contributed by atoms with Crippen LogP contribution in [0, 0.1) is 0 Å². The number of hydrogen-bond acceptors (Lipinski definition) is 4. The van der Waals surface area contributed by atoms with E-state index in [-0.39, 0.29) is 29.5 Å². The Kier molecular flexibility index (Phi) is 3.05. The van der Waals surface area contributed by atoms with Gasteiger partial charge in [-0.25, -0.2) is 0 Å². The Bertz CT molecular complexity index is 565. The molecule has 3 atom stereocenters. The molecule has 1 N–H and O–H groups in total. The van der Waals surface area contributed by atoms with Gasteiger partial charge in [0, 0.05) is 11.1 Å². The zero-order chi connectivity index (χ0) is 15.6. The summed E-state index contributed by atoms with van der Waals surface area (Å²) < 4.78 is 16.7. The molecule has 0 aromatic heterocycles. The number of fused-ring (bicyclic) bond motifs is 1. The van der Waals surface area contributed by atoms with E-state index >= 15 is 0 Å². The lowest BCUT2D eigenvalue weighted by atomic mass is 9.74. The van der Waals surface area contributed by atoms with Gasteiger partial charge in [0.15, 0.2) is 12.4 Å². The van der Waals surface area contributed by atoms with Crippen LogP contribution in [0.2, 0.25) is 0 Å². The lowest BCUT2D eigenvalue weighted by Crippen LogP contribution is -2.39. The van der Waals surface area contributed by atoms with Crippen LogP contribution in [0.3, 0.4) is 0 Å². The fourth-order valence-electron chi connectivity index (χ4n) is 2.93. The summed E-state index contributed by atoms with van der Waals surface area (Å²) >= 11 is 0. The predicted molar refractivity (Wildman–Crippen MR) is 79.7 cm³/mol. The number of phenols is 1. The molecular formula is C17H24O4. The van der Waals surface area contributed by atoms with Crippen molar-refractivity contribution < 1.29 is 19.3 Å². The van der Waals surface area contributed by atoms with Gasteiger partial charge in [-0.1, -0.05) is 41.5 Å². The van der Waals surface area contributed by atoms with Crippen LogP contribution in [-0.2, 0) is 20.3 Å². The molecule has 2 saturated heterocycles. The molecule has 0 saturated carbocycles. The summed E-state index contributed by atoms with van der Waals surface area (Å²) in [5.74, 6) is 1.08. The highest BCUT2D eigenvalue weighted by atomic mass is 16.9. The normalized spacial score (nSPS) is 27.8. The largest absolute Gasteiger partial charge is 0.508 e. The molecule has 2 fully saturated rings. The molecule has 0 bridgehead atoms. The van der Waals surface area contributed by atoms with Gasteiger partial charge >= 0.3 is 0 Å². The van der Waals surface area contributed by atoms with Gasteiger partial charge in [0.2, 0.25) is 6.29 Å². The van der Waals surface area contributed by atoms with E-state index in [4.69, 9.17) is 14.2 Å². The molecule has 0 amide bonds. The molecule has 116 valence electrons. The minimum atomic E-state index is -0.325. The Morgan fingerprint density at radius 1 is 0.952 bits per heavy atom. The van der Waals surface area contributed by atoms with Crippen molar-refractivity contribution >= 4 is 0 Å². The van der Waals surface area contributed by atoms with Crippen LogP contribution >= 0.6 is 0 Å². The van der Waals surface area contributed by atoms with Crippen LogP contribution in [0.5, 0.6) is 11.5 Å². The van der Waals surface area contributed by atoms with Crippen molar-refractivity contribution in [1.82, 2.24) is 0 Å². The van der Waals surface area contributed by atoms with E-state index in [0.29, 0.717) is 5.75 Å². The number of ether oxygens (including phenoxy) is 3. The third-order valence-electron chi connectivity index (χ3n) is 3.91. The molecule has 3 rings (SSSR count). The number of phenolic OH excluding ortho intramolecular Hbond substituents is 1. The molecule has 0 spiro atoms. The number of epoxide rings is 1. The average molecular weight is 292 g/mol. The second-order valence-corrected chi connectivity index (χ2v) is 7.92. The molecule has 21 heavy (non-hydrogen) atoms. The Hall–Kier alpha value is -1.26. The monoisotopic (exact) mass is 292 g/mol. The minimum Gasteiger partial charge on any atom is -0.508 e. The Labute approximate surface area is 126 Å². The van der Waals surface area contributed by atoms with E-state index in [1.165, 1.54) is 0 Å². The fourth-order valence-corrected chi connectivity index (χ4v) is 2.93. The Morgan fingerprint density at radius 2 is 1.57 bits per heavy atom.